The fourth-order valence-electron chi connectivity index (χ4n) is 8.39. The van der Waals surface area contributed by atoms with Crippen molar-refractivity contribution in [2.45, 2.75) is 135 Å². The molecule has 2 aliphatic carbocycles. The van der Waals surface area contributed by atoms with E-state index in [1.165, 1.54) is 0 Å². The molecule has 2 aliphatic heterocycles. The van der Waals surface area contributed by atoms with Crippen molar-refractivity contribution >= 4 is 45.0 Å². The predicted molar refractivity (Wildman–Crippen MR) is 205 cm³/mol. The maximum absolute atomic E-state index is 14.6. The molecule has 2 aromatic heterocycles. The molecule has 9 nitrogen and oxygen atoms in total. The number of aryl methyl sites for hydroxylation is 1. The second-order valence-electron chi connectivity index (χ2n) is 16.3. The van der Waals surface area contributed by atoms with Crippen LogP contribution in [0.25, 0.3) is 22.3 Å². The van der Waals surface area contributed by atoms with E-state index < -0.39 is 18.1 Å². The minimum absolute atomic E-state index is 0.0472. The second-order valence-corrected chi connectivity index (χ2v) is 17.2. The number of ether oxygens (including phenoxy) is 2. The third kappa shape index (κ3) is 8.53. The first-order valence-electron chi connectivity index (χ1n) is 19.5. The normalized spacial score (nSPS) is 27.9. The van der Waals surface area contributed by atoms with E-state index in [0.29, 0.717) is 36.6 Å². The topological polar surface area (TPSA) is 111 Å². The summed E-state index contributed by atoms with van der Waals surface area (Å²) >= 11 is 1.54. The Labute approximate surface area is 312 Å². The van der Waals surface area contributed by atoms with Gasteiger partial charge in [-0.05, 0) is 101 Å². The average molecular weight is 727 g/mol. The molecule has 3 aromatic rings. The monoisotopic (exact) mass is 726 g/mol. The summed E-state index contributed by atoms with van der Waals surface area (Å²) in [6.45, 7) is 8.69. The summed E-state index contributed by atoms with van der Waals surface area (Å²) in [7, 11) is 0. The molecule has 4 heterocycles. The summed E-state index contributed by atoms with van der Waals surface area (Å²) in [5.41, 5.74) is 3.28. The lowest BCUT2D eigenvalue weighted by Crippen LogP contribution is -2.45. The van der Waals surface area contributed by atoms with Gasteiger partial charge in [0.05, 0.1) is 30.2 Å². The lowest BCUT2D eigenvalue weighted by Gasteiger charge is -2.28. The summed E-state index contributed by atoms with van der Waals surface area (Å²) in [4.78, 5) is 53.6. The molecule has 2 saturated carbocycles. The van der Waals surface area contributed by atoms with Crippen LogP contribution in [0.4, 0.5) is 5.13 Å². The Balaban J connectivity index is 1.17. The third-order valence-corrected chi connectivity index (χ3v) is 12.2. The smallest absolute Gasteiger partial charge is 0.306 e. The minimum Gasteiger partial charge on any atom is -0.488 e. The van der Waals surface area contributed by atoms with Crippen molar-refractivity contribution in [1.29, 1.82) is 0 Å². The van der Waals surface area contributed by atoms with E-state index in [4.69, 9.17) is 19.4 Å². The molecule has 3 fully saturated rings. The van der Waals surface area contributed by atoms with Crippen LogP contribution in [-0.4, -0.2) is 63.4 Å². The number of ketones is 1. The largest absolute Gasteiger partial charge is 0.488 e. The molecule has 1 unspecified atom stereocenters. The van der Waals surface area contributed by atoms with Crippen molar-refractivity contribution in [2.75, 3.05) is 11.9 Å². The average Bonchev–Trinajstić information content (AvgIpc) is 3.60. The van der Waals surface area contributed by atoms with Crippen LogP contribution >= 0.6 is 11.3 Å². The van der Waals surface area contributed by atoms with Crippen LogP contribution in [0.1, 0.15) is 110 Å². The maximum Gasteiger partial charge on any atom is 0.306 e. The Morgan fingerprint density at radius 1 is 1.04 bits per heavy atom. The van der Waals surface area contributed by atoms with Crippen molar-refractivity contribution in [3.63, 3.8) is 0 Å². The minimum atomic E-state index is -0.601. The Bertz CT molecular complexity index is 1810. The molecule has 7 rings (SSSR count). The number of fused-ring (bicyclic) bond motifs is 3. The summed E-state index contributed by atoms with van der Waals surface area (Å²) in [6.07, 6.45) is 14.4. The number of allylic oxidation sites excluding steroid dienone is 2. The summed E-state index contributed by atoms with van der Waals surface area (Å²) in [5.74, 6) is 0.196. The summed E-state index contributed by atoms with van der Waals surface area (Å²) in [6, 6.07) is 7.72. The number of nitrogens with one attached hydrogen (secondary N) is 1. The molecule has 10 heteroatoms. The molecule has 1 N–H and O–H groups in total. The highest BCUT2D eigenvalue weighted by molar-refractivity contribution is 7.14. The molecule has 1 amide bonds. The number of rotatable bonds is 8. The zero-order valence-corrected chi connectivity index (χ0v) is 32.0. The highest BCUT2D eigenvalue weighted by atomic mass is 32.1. The van der Waals surface area contributed by atoms with Crippen LogP contribution < -0.4 is 10.1 Å². The highest BCUT2D eigenvalue weighted by Crippen LogP contribution is 2.56. The van der Waals surface area contributed by atoms with Gasteiger partial charge in [0.1, 0.15) is 23.7 Å². The van der Waals surface area contributed by atoms with Gasteiger partial charge in [-0.2, -0.15) is 0 Å². The van der Waals surface area contributed by atoms with E-state index in [1.807, 2.05) is 36.6 Å². The molecule has 52 heavy (non-hydrogen) atoms. The van der Waals surface area contributed by atoms with Crippen molar-refractivity contribution < 1.29 is 23.9 Å². The zero-order chi connectivity index (χ0) is 36.4. The number of esters is 1. The number of nitrogens with zero attached hydrogens (tertiary/aromatic N) is 3. The maximum atomic E-state index is 14.6. The quantitative estimate of drug-likeness (QED) is 0.181. The molecular formula is C42H54N4O5S. The molecular weight excluding hydrogens is 673 g/mol. The van der Waals surface area contributed by atoms with Crippen LogP contribution in [0.3, 0.4) is 0 Å². The van der Waals surface area contributed by atoms with Crippen LogP contribution in [0.15, 0.2) is 41.8 Å². The fraction of sp³-hybridized carbons (Fsp3) is 0.595. The summed E-state index contributed by atoms with van der Waals surface area (Å²) < 4.78 is 12.7. The molecule has 1 saturated heterocycles. The third-order valence-electron chi connectivity index (χ3n) is 11.5. The second kappa shape index (κ2) is 15.7. The Morgan fingerprint density at radius 2 is 1.85 bits per heavy atom. The lowest BCUT2D eigenvalue weighted by molar-refractivity contribution is -0.154. The van der Waals surface area contributed by atoms with E-state index >= 15 is 0 Å². The number of carbonyl (C=O) groups is 3. The number of hydrogen-bond acceptors (Lipinski definition) is 9. The number of thiazole rings is 1. The molecule has 0 spiro atoms. The molecule has 0 radical (unpaired) electrons. The number of Topliss-reactive ketones (excluding diaryl/α,β-unsaturated/α-hetero) is 1. The first kappa shape index (κ1) is 36.6. The Hall–Kier alpha value is -3.79. The van der Waals surface area contributed by atoms with Crippen LogP contribution in [0, 0.1) is 24.2 Å². The zero-order valence-electron chi connectivity index (χ0n) is 31.2. The number of carbonyl (C=O) groups excluding carboxylic acids is 3. The number of pyridine rings is 1. The predicted octanol–water partition coefficient (Wildman–Crippen LogP) is 8.83. The van der Waals surface area contributed by atoms with Gasteiger partial charge in [-0.3, -0.25) is 14.4 Å². The highest BCUT2D eigenvalue weighted by Gasteiger charge is 2.52. The fourth-order valence-corrected chi connectivity index (χ4v) is 9.24. The molecule has 5 atom stereocenters. The lowest BCUT2D eigenvalue weighted by atomic mass is 9.92. The van der Waals surface area contributed by atoms with E-state index in [-0.39, 0.29) is 48.2 Å². The van der Waals surface area contributed by atoms with Crippen molar-refractivity contribution in [3.05, 3.63) is 47.4 Å². The Morgan fingerprint density at radius 3 is 2.65 bits per heavy atom. The van der Waals surface area contributed by atoms with Gasteiger partial charge in [-0.1, -0.05) is 38.0 Å². The molecule has 4 aliphatic rings. The van der Waals surface area contributed by atoms with Crippen LogP contribution in [-0.2, 0) is 19.1 Å². The first-order chi connectivity index (χ1) is 25.0. The van der Waals surface area contributed by atoms with Crippen molar-refractivity contribution in [3.8, 4) is 17.1 Å². The molecule has 1 aromatic carbocycles. The first-order valence-corrected chi connectivity index (χ1v) is 20.4. The van der Waals surface area contributed by atoms with Gasteiger partial charge < -0.3 is 19.7 Å². The number of anilines is 1. The Kier molecular flexibility index (Phi) is 11.0. The van der Waals surface area contributed by atoms with E-state index in [1.54, 1.807) is 16.2 Å². The van der Waals surface area contributed by atoms with Gasteiger partial charge in [-0.15, -0.1) is 11.3 Å². The van der Waals surface area contributed by atoms with Gasteiger partial charge in [-0.25, -0.2) is 9.97 Å². The van der Waals surface area contributed by atoms with Crippen LogP contribution in [0.5, 0.6) is 5.75 Å². The summed E-state index contributed by atoms with van der Waals surface area (Å²) in [5, 5.41) is 7.09. The van der Waals surface area contributed by atoms with Gasteiger partial charge in [0.2, 0.25) is 5.91 Å². The SMILES string of the molecule is Cc1ccc2c(O[C@@H]3CC4C(=O)C[C@]5(C)C[C@H]5/C=C\CCCCC[C@H](CC(=O)OC5CCCC5)C(=O)N4C3)cc(-c3csc(NC(C)C)n3)nc2c1. The molecule has 278 valence electrons. The number of amides is 1. The number of hydrogen-bond donors (Lipinski definition) is 1. The van der Waals surface area contributed by atoms with Gasteiger partial charge >= 0.3 is 5.97 Å². The number of aromatic nitrogens is 2. The number of benzene rings is 1. The van der Waals surface area contributed by atoms with Crippen molar-refractivity contribution in [2.24, 2.45) is 17.3 Å². The van der Waals surface area contributed by atoms with Gasteiger partial charge in [0, 0.05) is 41.6 Å². The molecule has 0 bridgehead atoms. The van der Waals surface area contributed by atoms with Gasteiger partial charge in [0.25, 0.3) is 0 Å². The van der Waals surface area contributed by atoms with E-state index in [2.05, 4.69) is 38.2 Å². The standard InChI is InChI=1S/C42H54N4O5S/c1-26(2)43-41-45-35(25-52-41)34-21-38(32-17-16-27(3)18-33(32)44-34)50-31-20-36-37(47)23-42(4)22-29(42)13-9-7-5-6-8-12-28(40(49)46(36)24-31)19-39(48)51-30-14-10-11-15-30/h9,13,16-18,21,25-26,28-31,36H,5-8,10-12,14-15,19-20,22-24H2,1-4H3,(H,43,45)/b13-9-/t28-,29-,31-,36?,42+/m1/s1. The van der Waals surface area contributed by atoms with E-state index in [0.717, 1.165) is 85.1 Å². The van der Waals surface area contributed by atoms with Gasteiger partial charge in [0.15, 0.2) is 10.9 Å². The van der Waals surface area contributed by atoms with Crippen molar-refractivity contribution in [1.82, 2.24) is 14.9 Å². The van der Waals surface area contributed by atoms with E-state index in [9.17, 15) is 14.4 Å². The van der Waals surface area contributed by atoms with Crippen LogP contribution in [0.2, 0.25) is 0 Å².